The summed E-state index contributed by atoms with van der Waals surface area (Å²) < 4.78 is 26.0. The second-order valence-corrected chi connectivity index (χ2v) is 9.78. The van der Waals surface area contributed by atoms with Crippen LogP contribution in [-0.2, 0) is 9.84 Å². The first kappa shape index (κ1) is 25.2. The minimum absolute atomic E-state index is 0.0665. The SMILES string of the molecule is O=C([O-])c1ccc(C=Nc2ccc(S(=O)(=O)c3ccc(N=Cc4ccc(C(=O)[O-])cc4)cc3)cc2)cc1. The van der Waals surface area contributed by atoms with Crippen LogP contribution < -0.4 is 10.2 Å². The molecule has 0 fully saturated rings. The molecular formula is C28H18N2O6S-2. The number of carboxylic acids is 2. The van der Waals surface area contributed by atoms with Crippen LogP contribution in [0, 0.1) is 0 Å². The van der Waals surface area contributed by atoms with Crippen molar-refractivity contribution in [2.75, 3.05) is 0 Å². The number of benzene rings is 4. The lowest BCUT2D eigenvalue weighted by atomic mass is 10.1. The van der Waals surface area contributed by atoms with Crippen molar-refractivity contribution in [3.05, 3.63) is 119 Å². The first-order valence-corrected chi connectivity index (χ1v) is 12.4. The summed E-state index contributed by atoms with van der Waals surface area (Å²) in [6, 6.07) is 24.2. The molecule has 4 aromatic carbocycles. The molecule has 0 aliphatic carbocycles. The molecule has 9 heteroatoms. The summed E-state index contributed by atoms with van der Waals surface area (Å²) in [6.45, 7) is 0. The zero-order valence-corrected chi connectivity index (χ0v) is 20.0. The van der Waals surface area contributed by atoms with Gasteiger partial charge in [0.15, 0.2) is 0 Å². The molecule has 0 aliphatic rings. The van der Waals surface area contributed by atoms with E-state index >= 15 is 0 Å². The molecular weight excluding hydrogens is 492 g/mol. The fraction of sp³-hybridized carbons (Fsp3) is 0. The van der Waals surface area contributed by atoms with Gasteiger partial charge in [-0.25, -0.2) is 8.42 Å². The molecule has 0 aliphatic heterocycles. The molecule has 37 heavy (non-hydrogen) atoms. The van der Waals surface area contributed by atoms with Crippen LogP contribution in [0.1, 0.15) is 31.8 Å². The van der Waals surface area contributed by atoms with E-state index in [0.29, 0.717) is 22.5 Å². The first-order chi connectivity index (χ1) is 17.7. The predicted octanol–water partition coefficient (Wildman–Crippen LogP) is 2.75. The average Bonchev–Trinajstić information content (AvgIpc) is 2.91. The molecule has 8 nitrogen and oxygen atoms in total. The van der Waals surface area contributed by atoms with E-state index in [1.54, 1.807) is 61.0 Å². The highest BCUT2D eigenvalue weighted by Crippen LogP contribution is 2.25. The van der Waals surface area contributed by atoms with Gasteiger partial charge < -0.3 is 19.8 Å². The third-order valence-corrected chi connectivity index (χ3v) is 7.10. The smallest absolute Gasteiger partial charge is 0.206 e. The van der Waals surface area contributed by atoms with Crippen LogP contribution >= 0.6 is 0 Å². The van der Waals surface area contributed by atoms with Crippen LogP contribution in [0.15, 0.2) is 117 Å². The molecule has 0 spiro atoms. The van der Waals surface area contributed by atoms with Gasteiger partial charge in [-0.2, -0.15) is 0 Å². The van der Waals surface area contributed by atoms with E-state index < -0.39 is 21.8 Å². The van der Waals surface area contributed by atoms with E-state index in [1.807, 2.05) is 0 Å². The molecule has 4 aromatic rings. The minimum atomic E-state index is -3.76. The highest BCUT2D eigenvalue weighted by Gasteiger charge is 2.17. The standard InChI is InChI=1S/C28H20N2O6S/c31-27(32)21-5-1-19(2-6-21)17-29-23-9-13-25(14-10-23)37(35,36)26-15-11-24(12-16-26)30-18-20-3-7-22(8-4-20)28(33)34/h1-18H,(H,31,32)(H,33,34)/p-2. The molecule has 0 saturated heterocycles. The molecule has 0 heterocycles. The predicted molar refractivity (Wildman–Crippen MR) is 134 cm³/mol. The zero-order chi connectivity index (χ0) is 26.4. The summed E-state index contributed by atoms with van der Waals surface area (Å²) >= 11 is 0. The molecule has 0 amide bonds. The lowest BCUT2D eigenvalue weighted by molar-refractivity contribution is -0.256. The Morgan fingerprint density at radius 1 is 0.541 bits per heavy atom. The summed E-state index contributed by atoms with van der Waals surface area (Å²) in [5.41, 5.74) is 2.55. The molecule has 184 valence electrons. The summed E-state index contributed by atoms with van der Waals surface area (Å²) in [7, 11) is -3.76. The molecule has 0 N–H and O–H groups in total. The molecule has 0 radical (unpaired) electrons. The van der Waals surface area contributed by atoms with Gasteiger partial charge in [-0.1, -0.05) is 48.5 Å². The fourth-order valence-electron chi connectivity index (χ4n) is 3.27. The normalized spacial score (nSPS) is 11.7. The van der Waals surface area contributed by atoms with E-state index in [1.165, 1.54) is 48.5 Å². The van der Waals surface area contributed by atoms with Crippen LogP contribution in [0.2, 0.25) is 0 Å². The second-order valence-electron chi connectivity index (χ2n) is 7.83. The van der Waals surface area contributed by atoms with Crippen molar-refractivity contribution in [1.29, 1.82) is 0 Å². The van der Waals surface area contributed by atoms with E-state index in [9.17, 15) is 28.2 Å². The molecule has 0 unspecified atom stereocenters. The number of hydrogen-bond donors (Lipinski definition) is 0. The van der Waals surface area contributed by atoms with Gasteiger partial charge in [-0.15, -0.1) is 0 Å². The van der Waals surface area contributed by atoms with Crippen LogP contribution in [0.25, 0.3) is 0 Å². The van der Waals surface area contributed by atoms with Crippen molar-refractivity contribution < 1.29 is 28.2 Å². The number of sulfone groups is 1. The van der Waals surface area contributed by atoms with Crippen molar-refractivity contribution in [2.45, 2.75) is 9.79 Å². The molecule has 0 bridgehead atoms. The number of hydrogen-bond acceptors (Lipinski definition) is 8. The number of rotatable bonds is 8. The Balaban J connectivity index is 1.44. The third-order valence-electron chi connectivity index (χ3n) is 5.31. The molecule has 0 saturated carbocycles. The lowest BCUT2D eigenvalue weighted by Gasteiger charge is -2.06. The van der Waals surface area contributed by atoms with Gasteiger partial charge in [-0.3, -0.25) is 9.98 Å². The summed E-state index contributed by atoms with van der Waals surface area (Å²) in [5, 5.41) is 21.6. The number of aliphatic imine (C=N–C) groups is 2. The van der Waals surface area contributed by atoms with Crippen LogP contribution in [-0.4, -0.2) is 32.8 Å². The summed E-state index contributed by atoms with van der Waals surface area (Å²) in [4.78, 5) is 30.4. The quantitative estimate of drug-likeness (QED) is 0.334. The molecule has 0 aromatic heterocycles. The van der Waals surface area contributed by atoms with Crippen molar-refractivity contribution in [3.63, 3.8) is 0 Å². The summed E-state index contributed by atoms with van der Waals surface area (Å²) in [6.07, 6.45) is 3.08. The minimum Gasteiger partial charge on any atom is -0.545 e. The van der Waals surface area contributed by atoms with E-state index in [-0.39, 0.29) is 20.9 Å². The highest BCUT2D eigenvalue weighted by molar-refractivity contribution is 7.91. The lowest BCUT2D eigenvalue weighted by Crippen LogP contribution is -2.21. The van der Waals surface area contributed by atoms with Crippen molar-refractivity contribution in [2.24, 2.45) is 9.98 Å². The van der Waals surface area contributed by atoms with Gasteiger partial charge in [0.2, 0.25) is 9.84 Å². The molecule has 0 atom stereocenters. The van der Waals surface area contributed by atoms with Gasteiger partial charge in [0.1, 0.15) is 0 Å². The van der Waals surface area contributed by atoms with Crippen LogP contribution in [0.5, 0.6) is 0 Å². The fourth-order valence-corrected chi connectivity index (χ4v) is 4.53. The third kappa shape index (κ3) is 6.22. The van der Waals surface area contributed by atoms with Crippen LogP contribution in [0.3, 0.4) is 0 Å². The number of nitrogens with zero attached hydrogens (tertiary/aromatic N) is 2. The Morgan fingerprint density at radius 2 is 0.865 bits per heavy atom. The number of carbonyl (C=O) groups is 2. The maximum Gasteiger partial charge on any atom is 0.206 e. The maximum atomic E-state index is 13.0. The topological polar surface area (TPSA) is 139 Å². The second kappa shape index (κ2) is 10.8. The Bertz CT molecular complexity index is 1470. The zero-order valence-electron chi connectivity index (χ0n) is 19.1. The van der Waals surface area contributed by atoms with E-state index in [2.05, 4.69) is 9.98 Å². The van der Waals surface area contributed by atoms with Crippen molar-refractivity contribution in [3.8, 4) is 0 Å². The van der Waals surface area contributed by atoms with Gasteiger partial charge in [0, 0.05) is 12.4 Å². The Morgan fingerprint density at radius 3 is 1.16 bits per heavy atom. The maximum absolute atomic E-state index is 13.0. The van der Waals surface area contributed by atoms with E-state index in [4.69, 9.17) is 0 Å². The Labute approximate surface area is 212 Å². The van der Waals surface area contributed by atoms with Gasteiger partial charge in [-0.05, 0) is 70.8 Å². The number of carbonyl (C=O) groups excluding carboxylic acids is 2. The molecule has 4 rings (SSSR count). The van der Waals surface area contributed by atoms with Crippen molar-refractivity contribution >= 4 is 45.6 Å². The Hall–Kier alpha value is -4.89. The van der Waals surface area contributed by atoms with Gasteiger partial charge in [0.25, 0.3) is 0 Å². The highest BCUT2D eigenvalue weighted by atomic mass is 32.2. The monoisotopic (exact) mass is 510 g/mol. The number of carboxylic acid groups (broad SMARTS) is 2. The van der Waals surface area contributed by atoms with Gasteiger partial charge >= 0.3 is 0 Å². The summed E-state index contributed by atoms with van der Waals surface area (Å²) in [5.74, 6) is -2.52. The van der Waals surface area contributed by atoms with E-state index in [0.717, 1.165) is 0 Å². The Kier molecular flexibility index (Phi) is 7.36. The van der Waals surface area contributed by atoms with Crippen LogP contribution in [0.4, 0.5) is 11.4 Å². The number of aromatic carboxylic acids is 2. The average molecular weight is 511 g/mol. The first-order valence-electron chi connectivity index (χ1n) is 10.9. The van der Waals surface area contributed by atoms with Gasteiger partial charge in [0.05, 0.1) is 33.1 Å². The van der Waals surface area contributed by atoms with Crippen molar-refractivity contribution in [1.82, 2.24) is 0 Å². The largest absolute Gasteiger partial charge is 0.545 e.